The molecule has 1 saturated carbocycles. The van der Waals surface area contributed by atoms with Crippen LogP contribution in [0, 0.1) is 0 Å². The minimum atomic E-state index is -3.44. The third kappa shape index (κ3) is 4.70. The van der Waals surface area contributed by atoms with Gasteiger partial charge in [0.15, 0.2) is 0 Å². The van der Waals surface area contributed by atoms with Crippen LogP contribution in [0.2, 0.25) is 0 Å². The van der Waals surface area contributed by atoms with Crippen LogP contribution in [0.3, 0.4) is 0 Å². The molecule has 0 spiro atoms. The van der Waals surface area contributed by atoms with Crippen molar-refractivity contribution in [2.24, 2.45) is 0 Å². The second-order valence-electron chi connectivity index (χ2n) is 7.75. The summed E-state index contributed by atoms with van der Waals surface area (Å²) < 4.78 is 28.7. The molecule has 0 amide bonds. The maximum Gasteiger partial charge on any atom is 0.250 e. The molecule has 4 nitrogen and oxygen atoms in total. The maximum absolute atomic E-state index is 12.7. The van der Waals surface area contributed by atoms with Crippen LogP contribution in [0.4, 0.5) is 0 Å². The summed E-state index contributed by atoms with van der Waals surface area (Å²) in [6.45, 7) is 6.39. The van der Waals surface area contributed by atoms with Crippen LogP contribution in [0.15, 0.2) is 21.0 Å². The highest BCUT2D eigenvalue weighted by Crippen LogP contribution is 2.33. The van der Waals surface area contributed by atoms with Gasteiger partial charge in [-0.25, -0.2) is 18.1 Å². The predicted molar refractivity (Wildman–Crippen MR) is 106 cm³/mol. The summed E-state index contributed by atoms with van der Waals surface area (Å²) in [6.07, 6.45) is 6.52. The van der Waals surface area contributed by atoms with E-state index in [1.54, 1.807) is 17.4 Å². The van der Waals surface area contributed by atoms with Gasteiger partial charge in [0, 0.05) is 27.8 Å². The number of nitrogens with one attached hydrogen (secondary N) is 1. The van der Waals surface area contributed by atoms with Crippen molar-refractivity contribution in [1.82, 2.24) is 9.71 Å². The molecule has 1 fully saturated rings. The molecule has 0 radical (unpaired) electrons. The van der Waals surface area contributed by atoms with Crippen molar-refractivity contribution in [3.8, 4) is 10.6 Å². The summed E-state index contributed by atoms with van der Waals surface area (Å²) in [5.74, 6) is 0. The molecule has 2 heterocycles. The molecule has 25 heavy (non-hydrogen) atoms. The van der Waals surface area contributed by atoms with Crippen molar-refractivity contribution in [3.05, 3.63) is 22.5 Å². The van der Waals surface area contributed by atoms with Crippen molar-refractivity contribution >= 4 is 32.7 Å². The molecule has 2 aromatic rings. The topological polar surface area (TPSA) is 59.1 Å². The fraction of sp³-hybridized carbons (Fsp3) is 0.611. The van der Waals surface area contributed by atoms with Gasteiger partial charge >= 0.3 is 0 Å². The average molecular weight is 399 g/mol. The van der Waals surface area contributed by atoms with Gasteiger partial charge in [-0.1, -0.05) is 46.5 Å². The van der Waals surface area contributed by atoms with Crippen molar-refractivity contribution in [2.75, 3.05) is 0 Å². The van der Waals surface area contributed by atoms with Crippen LogP contribution < -0.4 is 4.72 Å². The predicted octanol–water partition coefficient (Wildman–Crippen LogP) is 5.17. The zero-order chi connectivity index (χ0) is 18.1. The van der Waals surface area contributed by atoms with E-state index >= 15 is 0 Å². The van der Waals surface area contributed by atoms with Gasteiger partial charge in [-0.15, -0.1) is 22.7 Å². The van der Waals surface area contributed by atoms with Crippen molar-refractivity contribution < 1.29 is 8.42 Å². The Bertz CT molecular complexity index is 807. The SMILES string of the molecule is CC(C)(C)c1csc(-c2csc(S(=O)(=O)NC3CCCCCC3)c2)n1. The molecule has 0 unspecified atom stereocenters. The van der Waals surface area contributed by atoms with Gasteiger partial charge in [0.25, 0.3) is 0 Å². The van der Waals surface area contributed by atoms with Gasteiger partial charge in [0.1, 0.15) is 9.22 Å². The van der Waals surface area contributed by atoms with E-state index in [1.165, 1.54) is 24.2 Å². The van der Waals surface area contributed by atoms with Crippen LogP contribution in [-0.2, 0) is 15.4 Å². The first-order valence-electron chi connectivity index (χ1n) is 8.83. The highest BCUT2D eigenvalue weighted by atomic mass is 32.2. The summed E-state index contributed by atoms with van der Waals surface area (Å²) >= 11 is 2.85. The Labute approximate surface area is 158 Å². The zero-order valence-electron chi connectivity index (χ0n) is 15.0. The summed E-state index contributed by atoms with van der Waals surface area (Å²) in [4.78, 5) is 4.69. The molecular formula is C18H26N2O2S3. The smallest absolute Gasteiger partial charge is 0.241 e. The fourth-order valence-corrected chi connectivity index (χ4v) is 6.59. The Morgan fingerprint density at radius 3 is 2.36 bits per heavy atom. The average Bonchev–Trinajstić information content (AvgIpc) is 3.13. The quantitative estimate of drug-likeness (QED) is 0.723. The molecule has 0 bridgehead atoms. The van der Waals surface area contributed by atoms with Crippen molar-refractivity contribution in [1.29, 1.82) is 0 Å². The highest BCUT2D eigenvalue weighted by Gasteiger charge is 2.24. The van der Waals surface area contributed by atoms with E-state index in [1.807, 2.05) is 5.38 Å². The maximum atomic E-state index is 12.7. The number of rotatable bonds is 4. The van der Waals surface area contributed by atoms with E-state index < -0.39 is 10.0 Å². The van der Waals surface area contributed by atoms with Crippen LogP contribution in [0.5, 0.6) is 0 Å². The van der Waals surface area contributed by atoms with Crippen LogP contribution >= 0.6 is 22.7 Å². The number of sulfonamides is 1. The number of hydrogen-bond acceptors (Lipinski definition) is 5. The highest BCUT2D eigenvalue weighted by molar-refractivity contribution is 7.91. The minimum Gasteiger partial charge on any atom is -0.241 e. The lowest BCUT2D eigenvalue weighted by Crippen LogP contribution is -2.33. The van der Waals surface area contributed by atoms with E-state index in [-0.39, 0.29) is 11.5 Å². The molecule has 0 aliphatic heterocycles. The molecule has 0 aromatic carbocycles. The number of nitrogens with zero attached hydrogens (tertiary/aromatic N) is 1. The standard InChI is InChI=1S/C18H26N2O2S3/c1-18(2,3)15-12-24-17(19-15)13-10-16(23-11-13)25(21,22)20-14-8-6-4-5-7-9-14/h10-12,14,20H,4-9H2,1-3H3. The summed E-state index contributed by atoms with van der Waals surface area (Å²) in [5, 5.41) is 4.84. The van der Waals surface area contributed by atoms with E-state index in [0.717, 1.165) is 41.9 Å². The molecule has 1 aliphatic carbocycles. The number of hydrogen-bond donors (Lipinski definition) is 1. The Hall–Kier alpha value is -0.760. The second-order valence-corrected chi connectivity index (χ2v) is 11.5. The third-order valence-electron chi connectivity index (χ3n) is 4.54. The summed E-state index contributed by atoms with van der Waals surface area (Å²) in [7, 11) is -3.44. The largest absolute Gasteiger partial charge is 0.250 e. The van der Waals surface area contributed by atoms with Gasteiger partial charge in [0.05, 0.1) is 5.69 Å². The van der Waals surface area contributed by atoms with E-state index in [0.29, 0.717) is 4.21 Å². The van der Waals surface area contributed by atoms with E-state index in [9.17, 15) is 8.42 Å². The molecule has 0 saturated heterocycles. The molecule has 0 atom stereocenters. The Kier molecular flexibility index (Phi) is 5.68. The van der Waals surface area contributed by atoms with Gasteiger partial charge in [0.2, 0.25) is 10.0 Å². The van der Waals surface area contributed by atoms with E-state index in [4.69, 9.17) is 0 Å². The van der Waals surface area contributed by atoms with Gasteiger partial charge in [-0.05, 0) is 18.9 Å². The summed E-state index contributed by atoms with van der Waals surface area (Å²) in [5.41, 5.74) is 1.94. The van der Waals surface area contributed by atoms with Crippen molar-refractivity contribution in [3.63, 3.8) is 0 Å². The third-order valence-corrected chi connectivity index (χ3v) is 8.39. The lowest BCUT2D eigenvalue weighted by atomic mass is 9.93. The Morgan fingerprint density at radius 1 is 1.08 bits per heavy atom. The Balaban J connectivity index is 1.76. The first-order chi connectivity index (χ1) is 11.8. The fourth-order valence-electron chi connectivity index (χ4n) is 3.00. The molecule has 1 N–H and O–H groups in total. The van der Waals surface area contributed by atoms with Crippen molar-refractivity contribution in [2.45, 2.75) is 75.0 Å². The summed E-state index contributed by atoms with van der Waals surface area (Å²) in [6, 6.07) is 1.83. The lowest BCUT2D eigenvalue weighted by Gasteiger charge is -2.15. The first-order valence-corrected chi connectivity index (χ1v) is 12.1. The first kappa shape index (κ1) is 19.0. The van der Waals surface area contributed by atoms with Crippen LogP contribution in [0.1, 0.15) is 65.0 Å². The van der Waals surface area contributed by atoms with Crippen LogP contribution in [-0.4, -0.2) is 19.4 Å². The molecule has 2 aromatic heterocycles. The molecule has 138 valence electrons. The van der Waals surface area contributed by atoms with Crippen LogP contribution in [0.25, 0.3) is 10.6 Å². The molecule has 7 heteroatoms. The minimum absolute atomic E-state index is 0.000719. The van der Waals surface area contributed by atoms with Gasteiger partial charge in [-0.3, -0.25) is 0 Å². The second kappa shape index (κ2) is 7.47. The number of thiazole rings is 1. The monoisotopic (exact) mass is 398 g/mol. The van der Waals surface area contributed by atoms with E-state index in [2.05, 4.69) is 35.9 Å². The van der Waals surface area contributed by atoms with Gasteiger partial charge in [-0.2, -0.15) is 0 Å². The number of aromatic nitrogens is 1. The molecular weight excluding hydrogens is 372 g/mol. The zero-order valence-corrected chi connectivity index (χ0v) is 17.5. The van der Waals surface area contributed by atoms with Gasteiger partial charge < -0.3 is 0 Å². The normalized spacial score (nSPS) is 17.6. The molecule has 3 rings (SSSR count). The molecule has 1 aliphatic rings. The lowest BCUT2D eigenvalue weighted by molar-refractivity contribution is 0.511. The number of thiophene rings is 1. The Morgan fingerprint density at radius 2 is 1.76 bits per heavy atom.